The first kappa shape index (κ1) is 31.0. The molecule has 0 spiro atoms. The Morgan fingerprint density at radius 1 is 0.620 bits per heavy atom. The number of pyridine rings is 1. The Hall–Kier alpha value is -6.34. The number of esters is 1. The molecule has 5 aliphatic heterocycles. The van der Waals surface area contributed by atoms with Crippen LogP contribution in [0.4, 0.5) is 0 Å². The van der Waals surface area contributed by atoms with E-state index in [0.29, 0.717) is 17.1 Å². The lowest BCUT2D eigenvalue weighted by Gasteiger charge is -2.25. The van der Waals surface area contributed by atoms with E-state index in [1.165, 1.54) is 7.11 Å². The van der Waals surface area contributed by atoms with Crippen LogP contribution in [0.25, 0.3) is 16.7 Å². The Bertz CT molecular complexity index is 2350. The van der Waals surface area contributed by atoms with Crippen molar-refractivity contribution >= 4 is 45.5 Å². The largest absolute Gasteiger partial charge is 0.465 e. The third kappa shape index (κ3) is 5.43. The Balaban J connectivity index is 1.54. The van der Waals surface area contributed by atoms with Crippen molar-refractivity contribution in [3.05, 3.63) is 178 Å². The first-order valence-electron chi connectivity index (χ1n) is 16.5. The monoisotopic (exact) mass is 651 g/mol. The molecule has 2 aromatic carbocycles. The molecule has 0 radical (unpaired) electrons. The molecule has 0 N–H and O–H groups in total. The second-order valence-corrected chi connectivity index (χ2v) is 13.3. The molecule has 1 aromatic heterocycles. The highest BCUT2D eigenvalue weighted by molar-refractivity contribution is 6.47. The van der Waals surface area contributed by atoms with Crippen LogP contribution < -0.4 is 0 Å². The molecule has 0 atom stereocenters. The van der Waals surface area contributed by atoms with E-state index in [4.69, 9.17) is 24.7 Å². The van der Waals surface area contributed by atoms with Gasteiger partial charge in [-0.3, -0.25) is 4.98 Å². The fraction of sp³-hybridized carbons (Fsp3) is 0.116. The number of hydrogen-bond acceptors (Lipinski definition) is 7. The maximum absolute atomic E-state index is 13.9. The van der Waals surface area contributed by atoms with Crippen molar-refractivity contribution in [2.45, 2.75) is 20.8 Å². The maximum atomic E-state index is 13.9. The van der Waals surface area contributed by atoms with Gasteiger partial charge in [0.05, 0.1) is 52.7 Å². The molecule has 3 aromatic rings. The average molecular weight is 652 g/mol. The summed E-state index contributed by atoms with van der Waals surface area (Å²) in [5.41, 5.74) is 11.8. The normalized spacial score (nSPS) is 18.1. The van der Waals surface area contributed by atoms with Gasteiger partial charge in [-0.2, -0.15) is 0 Å². The number of fused-ring (bicyclic) bond motifs is 4. The number of allylic oxidation sites excluding steroid dienone is 11. The number of carbonyl (C=O) groups is 1. The molecule has 0 aliphatic carbocycles. The lowest BCUT2D eigenvalue weighted by molar-refractivity contribution is -0.135. The zero-order valence-electron chi connectivity index (χ0n) is 28.2. The maximum Gasteiger partial charge on any atom is 0.342 e. The summed E-state index contributed by atoms with van der Waals surface area (Å²) in [4.78, 5) is 38.9. The predicted octanol–water partition coefficient (Wildman–Crippen LogP) is 8.52. The number of hydrogen-bond donors (Lipinski definition) is 0. The van der Waals surface area contributed by atoms with Gasteiger partial charge in [-0.25, -0.2) is 24.8 Å². The second-order valence-electron chi connectivity index (χ2n) is 13.3. The lowest BCUT2D eigenvalue weighted by Crippen LogP contribution is -2.19. The fourth-order valence-electron chi connectivity index (χ4n) is 6.81. The molecular weight excluding hydrogens is 619 g/mol. The first-order valence-corrected chi connectivity index (χ1v) is 16.5. The SMILES string of the molecule is COC(=O)C1=C2C=CC(=N2)C=C2C=CC(=N2)C(c2ccncc2)=C2C=CC(=N2)C(C(C)(C)C)=C2N=C1C(c1ccccc1)=C2c1ccccc1. The van der Waals surface area contributed by atoms with Crippen LogP contribution in [0.2, 0.25) is 0 Å². The Kier molecular flexibility index (Phi) is 7.60. The van der Waals surface area contributed by atoms with Crippen molar-refractivity contribution in [3.8, 4) is 0 Å². The van der Waals surface area contributed by atoms with Gasteiger partial charge in [-0.05, 0) is 76.8 Å². The van der Waals surface area contributed by atoms with E-state index in [-0.39, 0.29) is 5.57 Å². The summed E-state index contributed by atoms with van der Waals surface area (Å²) in [7, 11) is 1.39. The zero-order chi connectivity index (χ0) is 34.4. The van der Waals surface area contributed by atoms with E-state index in [9.17, 15) is 4.79 Å². The van der Waals surface area contributed by atoms with E-state index >= 15 is 0 Å². The minimum Gasteiger partial charge on any atom is -0.465 e. The summed E-state index contributed by atoms with van der Waals surface area (Å²) < 4.78 is 5.45. The summed E-state index contributed by atoms with van der Waals surface area (Å²) in [5.74, 6) is -0.520. The van der Waals surface area contributed by atoms with Crippen LogP contribution in [-0.2, 0) is 9.53 Å². The number of ether oxygens (including phenoxy) is 1. The highest BCUT2D eigenvalue weighted by Gasteiger charge is 2.38. The molecule has 8 bridgehead atoms. The van der Waals surface area contributed by atoms with E-state index in [0.717, 1.165) is 67.5 Å². The van der Waals surface area contributed by atoms with Crippen LogP contribution in [0.1, 0.15) is 37.5 Å². The van der Waals surface area contributed by atoms with Crippen molar-refractivity contribution in [1.29, 1.82) is 0 Å². The molecule has 0 saturated carbocycles. The summed E-state index contributed by atoms with van der Waals surface area (Å²) >= 11 is 0. The number of methoxy groups -OCH3 is 1. The third-order valence-corrected chi connectivity index (χ3v) is 8.94. The van der Waals surface area contributed by atoms with Gasteiger partial charge in [-0.15, -0.1) is 0 Å². The van der Waals surface area contributed by atoms with Crippen molar-refractivity contribution in [2.75, 3.05) is 7.11 Å². The molecule has 0 saturated heterocycles. The Labute approximate surface area is 291 Å². The summed E-state index contributed by atoms with van der Waals surface area (Å²) in [6.45, 7) is 6.51. The smallest absolute Gasteiger partial charge is 0.342 e. The van der Waals surface area contributed by atoms with Crippen LogP contribution in [0.5, 0.6) is 0 Å². The van der Waals surface area contributed by atoms with Crippen molar-refractivity contribution in [1.82, 2.24) is 4.98 Å². The minimum absolute atomic E-state index is 0.287. The molecule has 8 rings (SSSR count). The molecule has 7 nitrogen and oxygen atoms in total. The molecular formula is C43H33N5O2. The topological polar surface area (TPSA) is 88.6 Å². The third-order valence-electron chi connectivity index (χ3n) is 8.94. The van der Waals surface area contributed by atoms with Crippen LogP contribution in [0, 0.1) is 5.41 Å². The predicted molar refractivity (Wildman–Crippen MR) is 202 cm³/mol. The van der Waals surface area contributed by atoms with Gasteiger partial charge in [0, 0.05) is 34.7 Å². The van der Waals surface area contributed by atoms with Gasteiger partial charge in [0.1, 0.15) is 5.57 Å². The molecule has 0 amide bonds. The van der Waals surface area contributed by atoms with Crippen LogP contribution in [0.3, 0.4) is 0 Å². The van der Waals surface area contributed by atoms with Crippen LogP contribution >= 0.6 is 0 Å². The molecule has 0 unspecified atom stereocenters. The number of benzene rings is 2. The van der Waals surface area contributed by atoms with E-state index in [1.807, 2.05) is 85.0 Å². The lowest BCUT2D eigenvalue weighted by atomic mass is 9.79. The van der Waals surface area contributed by atoms with Gasteiger partial charge in [0.25, 0.3) is 0 Å². The van der Waals surface area contributed by atoms with Crippen LogP contribution in [0.15, 0.2) is 182 Å². The number of nitrogens with zero attached hydrogens (tertiary/aromatic N) is 5. The molecule has 7 heteroatoms. The number of rotatable bonds is 4. The standard InChI is InChI=1S/C43H33N5O2/c1-43(2,3)39-34-20-19-32(47-34)35(28-21-23-44-24-22-28)31-17-15-29(45-31)25-30-16-18-33(46-30)38(42(49)50-4)40-36(26-11-7-5-8-12-26)37(41(39)48-40)27-13-9-6-10-14-27/h5-25H,1-4H3. The highest BCUT2D eigenvalue weighted by Crippen LogP contribution is 2.47. The second kappa shape index (κ2) is 12.3. The minimum atomic E-state index is -0.520. The summed E-state index contributed by atoms with van der Waals surface area (Å²) in [6.07, 6.45) is 17.3. The molecule has 5 aliphatic rings. The Morgan fingerprint density at radius 3 is 1.94 bits per heavy atom. The van der Waals surface area contributed by atoms with Crippen molar-refractivity contribution < 1.29 is 9.53 Å². The molecule has 0 fully saturated rings. The zero-order valence-corrected chi connectivity index (χ0v) is 28.2. The molecule has 50 heavy (non-hydrogen) atoms. The quantitative estimate of drug-likeness (QED) is 0.265. The van der Waals surface area contributed by atoms with Gasteiger partial charge >= 0.3 is 5.97 Å². The fourth-order valence-corrected chi connectivity index (χ4v) is 6.81. The van der Waals surface area contributed by atoms with Gasteiger partial charge in [0.15, 0.2) is 0 Å². The van der Waals surface area contributed by atoms with Crippen molar-refractivity contribution in [3.63, 3.8) is 0 Å². The molecule has 242 valence electrons. The summed E-state index contributed by atoms with van der Waals surface area (Å²) in [5, 5.41) is 0. The molecule has 6 heterocycles. The van der Waals surface area contributed by atoms with Crippen molar-refractivity contribution in [2.24, 2.45) is 25.4 Å². The number of aliphatic imine (C=N–C) groups is 4. The van der Waals surface area contributed by atoms with Gasteiger partial charge < -0.3 is 4.74 Å². The van der Waals surface area contributed by atoms with E-state index in [2.05, 4.69) is 56.1 Å². The van der Waals surface area contributed by atoms with E-state index < -0.39 is 11.4 Å². The first-order chi connectivity index (χ1) is 24.3. The van der Waals surface area contributed by atoms with Gasteiger partial charge in [0.2, 0.25) is 0 Å². The van der Waals surface area contributed by atoms with E-state index in [1.54, 1.807) is 12.4 Å². The van der Waals surface area contributed by atoms with Crippen LogP contribution in [-0.4, -0.2) is 40.9 Å². The average Bonchev–Trinajstić information content (AvgIpc) is 3.95. The number of carbonyl (C=O) groups excluding carboxylic acids is 1. The van der Waals surface area contributed by atoms with Gasteiger partial charge in [-0.1, -0.05) is 81.4 Å². The Morgan fingerprint density at radius 2 is 1.26 bits per heavy atom. The number of aromatic nitrogens is 1. The summed E-state index contributed by atoms with van der Waals surface area (Å²) in [6, 6.07) is 24.3. The highest BCUT2D eigenvalue weighted by atomic mass is 16.5.